The predicted octanol–water partition coefficient (Wildman–Crippen LogP) is 2.87. The molecule has 0 aliphatic rings. The van der Waals surface area contributed by atoms with Gasteiger partial charge in [-0.3, -0.25) is 4.79 Å². The van der Waals surface area contributed by atoms with E-state index in [1.54, 1.807) is 0 Å². The quantitative estimate of drug-likeness (QED) is 0.759. The van der Waals surface area contributed by atoms with E-state index in [-0.39, 0.29) is 12.4 Å². The largest absolute Gasteiger partial charge is 0.469 e. The molecule has 1 aromatic heterocycles. The standard InChI is InChI=1S/C16H19NO3/c1-12-14(11-16(18)19-2)17-15(20-12)10-6-9-13-7-4-3-5-8-13/h3-5,7-8H,6,9-11H2,1-2H3. The van der Waals surface area contributed by atoms with E-state index in [0.29, 0.717) is 17.3 Å². The zero-order valence-electron chi connectivity index (χ0n) is 11.9. The van der Waals surface area contributed by atoms with Crippen LogP contribution in [0.3, 0.4) is 0 Å². The van der Waals surface area contributed by atoms with Gasteiger partial charge in [-0.1, -0.05) is 30.3 Å². The van der Waals surface area contributed by atoms with Crippen molar-refractivity contribution in [2.75, 3.05) is 7.11 Å². The molecule has 2 aromatic rings. The number of methoxy groups -OCH3 is 1. The summed E-state index contributed by atoms with van der Waals surface area (Å²) in [4.78, 5) is 15.6. The summed E-state index contributed by atoms with van der Waals surface area (Å²) in [6.07, 6.45) is 2.91. The molecule has 4 nitrogen and oxygen atoms in total. The van der Waals surface area contributed by atoms with E-state index >= 15 is 0 Å². The van der Waals surface area contributed by atoms with Gasteiger partial charge in [0.25, 0.3) is 0 Å². The lowest BCUT2D eigenvalue weighted by Crippen LogP contribution is -2.05. The van der Waals surface area contributed by atoms with Gasteiger partial charge >= 0.3 is 5.97 Å². The van der Waals surface area contributed by atoms with E-state index in [1.165, 1.54) is 12.7 Å². The second kappa shape index (κ2) is 6.89. The minimum Gasteiger partial charge on any atom is -0.469 e. The maximum absolute atomic E-state index is 11.2. The molecule has 2 rings (SSSR count). The topological polar surface area (TPSA) is 52.3 Å². The van der Waals surface area contributed by atoms with Crippen molar-refractivity contribution in [1.82, 2.24) is 4.98 Å². The number of hydrogen-bond donors (Lipinski definition) is 0. The number of aromatic nitrogens is 1. The lowest BCUT2D eigenvalue weighted by Gasteiger charge is -1.98. The molecule has 1 heterocycles. The Kier molecular flexibility index (Phi) is 4.93. The van der Waals surface area contributed by atoms with Crippen LogP contribution in [0.5, 0.6) is 0 Å². The highest BCUT2D eigenvalue weighted by atomic mass is 16.5. The lowest BCUT2D eigenvalue weighted by molar-refractivity contribution is -0.139. The summed E-state index contributed by atoms with van der Waals surface area (Å²) in [5, 5.41) is 0. The molecule has 0 amide bonds. The Morgan fingerprint density at radius 1 is 1.25 bits per heavy atom. The van der Waals surface area contributed by atoms with E-state index in [4.69, 9.17) is 4.42 Å². The number of benzene rings is 1. The van der Waals surface area contributed by atoms with Gasteiger partial charge in [0, 0.05) is 6.42 Å². The lowest BCUT2D eigenvalue weighted by atomic mass is 10.1. The molecule has 0 aliphatic heterocycles. The third kappa shape index (κ3) is 3.95. The summed E-state index contributed by atoms with van der Waals surface area (Å²) in [5.74, 6) is 1.10. The van der Waals surface area contributed by atoms with Gasteiger partial charge in [-0.15, -0.1) is 0 Å². The van der Waals surface area contributed by atoms with Crippen molar-refractivity contribution in [3.05, 3.63) is 53.2 Å². The first-order valence-electron chi connectivity index (χ1n) is 6.75. The van der Waals surface area contributed by atoms with E-state index < -0.39 is 0 Å². The van der Waals surface area contributed by atoms with Crippen molar-refractivity contribution in [2.45, 2.75) is 32.6 Å². The minimum atomic E-state index is -0.294. The van der Waals surface area contributed by atoms with E-state index in [0.717, 1.165) is 19.3 Å². The first-order chi connectivity index (χ1) is 9.69. The van der Waals surface area contributed by atoms with Crippen molar-refractivity contribution in [2.24, 2.45) is 0 Å². The molecule has 0 unspecified atom stereocenters. The highest BCUT2D eigenvalue weighted by Gasteiger charge is 2.13. The monoisotopic (exact) mass is 273 g/mol. The Bertz CT molecular complexity index is 560. The SMILES string of the molecule is COC(=O)Cc1nc(CCCc2ccccc2)oc1C. The fourth-order valence-corrected chi connectivity index (χ4v) is 2.06. The van der Waals surface area contributed by atoms with Gasteiger partial charge in [-0.2, -0.15) is 0 Å². The van der Waals surface area contributed by atoms with Crippen LogP contribution in [0.4, 0.5) is 0 Å². The molecule has 0 radical (unpaired) electrons. The molecule has 0 saturated heterocycles. The Morgan fingerprint density at radius 3 is 2.70 bits per heavy atom. The molecular weight excluding hydrogens is 254 g/mol. The third-order valence-electron chi connectivity index (χ3n) is 3.18. The smallest absolute Gasteiger partial charge is 0.311 e. The second-order valence-electron chi connectivity index (χ2n) is 4.70. The Hall–Kier alpha value is -2.10. The van der Waals surface area contributed by atoms with Crippen LogP contribution in [0.15, 0.2) is 34.7 Å². The molecule has 0 aliphatic carbocycles. The summed E-state index contributed by atoms with van der Waals surface area (Å²) in [6, 6.07) is 10.3. The summed E-state index contributed by atoms with van der Waals surface area (Å²) in [5.41, 5.74) is 1.98. The maximum atomic E-state index is 11.2. The van der Waals surface area contributed by atoms with Crippen LogP contribution in [-0.2, 0) is 28.8 Å². The molecule has 1 aromatic carbocycles. The number of oxazole rings is 1. The molecule has 0 spiro atoms. The first kappa shape index (κ1) is 14.3. The number of carbonyl (C=O) groups is 1. The van der Waals surface area contributed by atoms with Crippen LogP contribution >= 0.6 is 0 Å². The highest BCUT2D eigenvalue weighted by Crippen LogP contribution is 2.14. The van der Waals surface area contributed by atoms with Crippen LogP contribution in [-0.4, -0.2) is 18.1 Å². The molecule has 0 atom stereocenters. The van der Waals surface area contributed by atoms with E-state index in [1.807, 2.05) is 25.1 Å². The third-order valence-corrected chi connectivity index (χ3v) is 3.18. The van der Waals surface area contributed by atoms with Gasteiger partial charge < -0.3 is 9.15 Å². The zero-order valence-corrected chi connectivity index (χ0v) is 11.9. The molecular formula is C16H19NO3. The minimum absolute atomic E-state index is 0.171. The molecule has 4 heteroatoms. The Labute approximate surface area is 118 Å². The molecule has 0 bridgehead atoms. The van der Waals surface area contributed by atoms with Crippen LogP contribution < -0.4 is 0 Å². The molecule has 0 saturated carbocycles. The number of carbonyl (C=O) groups excluding carboxylic acids is 1. The predicted molar refractivity (Wildman–Crippen MR) is 75.4 cm³/mol. The van der Waals surface area contributed by atoms with Gasteiger partial charge in [0.15, 0.2) is 5.89 Å². The number of esters is 1. The number of ether oxygens (including phenoxy) is 1. The average Bonchev–Trinajstić information content (AvgIpc) is 2.80. The fraction of sp³-hybridized carbons (Fsp3) is 0.375. The summed E-state index contributed by atoms with van der Waals surface area (Å²) >= 11 is 0. The first-order valence-corrected chi connectivity index (χ1v) is 6.75. The second-order valence-corrected chi connectivity index (χ2v) is 4.70. The van der Waals surface area contributed by atoms with E-state index in [9.17, 15) is 4.79 Å². The van der Waals surface area contributed by atoms with Crippen molar-refractivity contribution in [3.8, 4) is 0 Å². The zero-order chi connectivity index (χ0) is 14.4. The Morgan fingerprint density at radius 2 is 2.00 bits per heavy atom. The molecule has 106 valence electrons. The van der Waals surface area contributed by atoms with Crippen molar-refractivity contribution in [3.63, 3.8) is 0 Å². The molecule has 0 fully saturated rings. The van der Waals surface area contributed by atoms with Crippen LogP contribution in [0.1, 0.15) is 29.3 Å². The van der Waals surface area contributed by atoms with Gasteiger partial charge in [0.05, 0.1) is 19.2 Å². The molecule has 0 N–H and O–H groups in total. The average molecular weight is 273 g/mol. The number of aryl methyl sites for hydroxylation is 3. The van der Waals surface area contributed by atoms with Gasteiger partial charge in [0.2, 0.25) is 0 Å². The maximum Gasteiger partial charge on any atom is 0.311 e. The van der Waals surface area contributed by atoms with Crippen molar-refractivity contribution in [1.29, 1.82) is 0 Å². The van der Waals surface area contributed by atoms with Crippen LogP contribution in [0.2, 0.25) is 0 Å². The molecule has 20 heavy (non-hydrogen) atoms. The normalized spacial score (nSPS) is 10.5. The van der Waals surface area contributed by atoms with Gasteiger partial charge in [-0.25, -0.2) is 4.98 Å². The van der Waals surface area contributed by atoms with E-state index in [2.05, 4.69) is 21.9 Å². The van der Waals surface area contributed by atoms with Crippen LogP contribution in [0.25, 0.3) is 0 Å². The van der Waals surface area contributed by atoms with Gasteiger partial charge in [0.1, 0.15) is 5.76 Å². The summed E-state index contributed by atoms with van der Waals surface area (Å²) in [6.45, 7) is 1.83. The summed E-state index contributed by atoms with van der Waals surface area (Å²) < 4.78 is 10.2. The number of rotatable bonds is 6. The van der Waals surface area contributed by atoms with Crippen molar-refractivity contribution >= 4 is 5.97 Å². The summed E-state index contributed by atoms with van der Waals surface area (Å²) in [7, 11) is 1.37. The fourth-order valence-electron chi connectivity index (χ4n) is 2.06. The number of hydrogen-bond acceptors (Lipinski definition) is 4. The van der Waals surface area contributed by atoms with Gasteiger partial charge in [-0.05, 0) is 25.3 Å². The van der Waals surface area contributed by atoms with Crippen molar-refractivity contribution < 1.29 is 13.9 Å². The highest BCUT2D eigenvalue weighted by molar-refractivity contribution is 5.71. The number of nitrogens with zero attached hydrogens (tertiary/aromatic N) is 1. The van der Waals surface area contributed by atoms with Crippen LogP contribution in [0, 0.1) is 6.92 Å². The Balaban J connectivity index is 1.87.